The average Bonchev–Trinajstić information content (AvgIpc) is 2.98. The van der Waals surface area contributed by atoms with Crippen molar-refractivity contribution in [3.8, 4) is 17.2 Å². The molecule has 1 unspecified atom stereocenters. The van der Waals surface area contributed by atoms with E-state index in [2.05, 4.69) is 17.1 Å². The second kappa shape index (κ2) is 7.75. The molecule has 0 spiro atoms. The van der Waals surface area contributed by atoms with Gasteiger partial charge in [-0.1, -0.05) is 18.5 Å². The molecule has 6 nitrogen and oxygen atoms in total. The molecule has 2 N–H and O–H groups in total. The number of ether oxygens (including phenoxy) is 2. The molecule has 1 atom stereocenters. The second-order valence-electron chi connectivity index (χ2n) is 4.75. The molecule has 1 aromatic heterocycles. The molecule has 0 aliphatic carbocycles. The number of unbranched alkanes of at least 4 members (excludes halogenated alkanes) is 1. The van der Waals surface area contributed by atoms with Gasteiger partial charge in [-0.05, 0) is 30.7 Å². The summed E-state index contributed by atoms with van der Waals surface area (Å²) in [7, 11) is 1.58. The Labute approximate surface area is 124 Å². The minimum atomic E-state index is -0.385. The highest BCUT2D eigenvalue weighted by Gasteiger charge is 2.15. The first kappa shape index (κ1) is 15.5. The summed E-state index contributed by atoms with van der Waals surface area (Å²) < 4.78 is 15.8. The minimum absolute atomic E-state index is 0.350. The fourth-order valence-corrected chi connectivity index (χ4v) is 1.78. The Bertz CT molecular complexity index is 539. The smallest absolute Gasteiger partial charge is 0.257 e. The van der Waals surface area contributed by atoms with Crippen molar-refractivity contribution in [3.63, 3.8) is 0 Å². The standard InChI is InChI=1S/C15H21N3O3/c1-3-4-9-20-12-7-5-11(6-8-12)15-17-14(18-21-15)13(16)10-19-2/h5-8,13H,3-4,9-10,16H2,1-2H3. The van der Waals surface area contributed by atoms with Gasteiger partial charge in [-0.2, -0.15) is 4.98 Å². The SMILES string of the molecule is CCCCOc1ccc(-c2nc(C(N)COC)no2)cc1. The van der Waals surface area contributed by atoms with Crippen molar-refractivity contribution < 1.29 is 14.0 Å². The third-order valence-electron chi connectivity index (χ3n) is 2.99. The van der Waals surface area contributed by atoms with Crippen molar-refractivity contribution >= 4 is 0 Å². The molecule has 0 saturated carbocycles. The van der Waals surface area contributed by atoms with E-state index in [4.69, 9.17) is 19.7 Å². The molecule has 1 aromatic carbocycles. The van der Waals surface area contributed by atoms with Crippen LogP contribution in [0.25, 0.3) is 11.5 Å². The number of nitrogens with zero attached hydrogens (tertiary/aromatic N) is 2. The van der Waals surface area contributed by atoms with E-state index in [0.717, 1.165) is 30.8 Å². The molecular formula is C15H21N3O3. The van der Waals surface area contributed by atoms with Crippen LogP contribution in [-0.4, -0.2) is 30.5 Å². The highest BCUT2D eigenvalue weighted by atomic mass is 16.5. The van der Waals surface area contributed by atoms with Crippen LogP contribution in [0.4, 0.5) is 0 Å². The maximum atomic E-state index is 5.86. The van der Waals surface area contributed by atoms with Crippen LogP contribution in [0.5, 0.6) is 5.75 Å². The average molecular weight is 291 g/mol. The Hall–Kier alpha value is -1.92. The van der Waals surface area contributed by atoms with Crippen LogP contribution < -0.4 is 10.5 Å². The molecule has 2 aromatic rings. The maximum absolute atomic E-state index is 5.86. The van der Waals surface area contributed by atoms with E-state index in [0.29, 0.717) is 18.3 Å². The van der Waals surface area contributed by atoms with Crippen LogP contribution in [0.1, 0.15) is 31.6 Å². The van der Waals surface area contributed by atoms with Crippen LogP contribution in [-0.2, 0) is 4.74 Å². The molecule has 0 fully saturated rings. The number of methoxy groups -OCH3 is 1. The predicted octanol–water partition coefficient (Wildman–Crippen LogP) is 2.56. The zero-order valence-electron chi connectivity index (χ0n) is 12.4. The predicted molar refractivity (Wildman–Crippen MR) is 78.9 cm³/mol. The van der Waals surface area contributed by atoms with Crippen LogP contribution in [0, 0.1) is 0 Å². The maximum Gasteiger partial charge on any atom is 0.257 e. The third kappa shape index (κ3) is 4.27. The lowest BCUT2D eigenvalue weighted by Gasteiger charge is -2.05. The molecule has 0 aliphatic rings. The van der Waals surface area contributed by atoms with Crippen molar-refractivity contribution in [2.75, 3.05) is 20.3 Å². The Morgan fingerprint density at radius 1 is 1.29 bits per heavy atom. The molecule has 2 rings (SSSR count). The summed E-state index contributed by atoms with van der Waals surface area (Å²) in [6.07, 6.45) is 2.16. The number of nitrogens with two attached hydrogens (primary N) is 1. The molecule has 0 saturated heterocycles. The summed E-state index contributed by atoms with van der Waals surface area (Å²) in [6.45, 7) is 3.21. The number of aromatic nitrogens is 2. The van der Waals surface area contributed by atoms with Gasteiger partial charge in [0.2, 0.25) is 0 Å². The minimum Gasteiger partial charge on any atom is -0.494 e. The van der Waals surface area contributed by atoms with Crippen LogP contribution in [0.3, 0.4) is 0 Å². The van der Waals surface area contributed by atoms with Gasteiger partial charge >= 0.3 is 0 Å². The normalized spacial score (nSPS) is 12.3. The van der Waals surface area contributed by atoms with Crippen molar-refractivity contribution in [2.45, 2.75) is 25.8 Å². The topological polar surface area (TPSA) is 83.4 Å². The number of hydrogen-bond donors (Lipinski definition) is 1. The van der Waals surface area contributed by atoms with Crippen molar-refractivity contribution in [2.24, 2.45) is 5.73 Å². The fraction of sp³-hybridized carbons (Fsp3) is 0.467. The monoisotopic (exact) mass is 291 g/mol. The van der Waals surface area contributed by atoms with Crippen LogP contribution >= 0.6 is 0 Å². The summed E-state index contributed by atoms with van der Waals surface area (Å²) in [5, 5.41) is 3.87. The molecule has 0 radical (unpaired) electrons. The lowest BCUT2D eigenvalue weighted by molar-refractivity contribution is 0.177. The van der Waals surface area contributed by atoms with Gasteiger partial charge in [0, 0.05) is 12.7 Å². The summed E-state index contributed by atoms with van der Waals surface area (Å²) >= 11 is 0. The molecule has 0 bridgehead atoms. The zero-order valence-corrected chi connectivity index (χ0v) is 12.4. The van der Waals surface area contributed by atoms with Gasteiger partial charge in [0.25, 0.3) is 5.89 Å². The van der Waals surface area contributed by atoms with E-state index in [1.165, 1.54) is 0 Å². The summed E-state index contributed by atoms with van der Waals surface area (Å²) in [6, 6.07) is 7.18. The van der Waals surface area contributed by atoms with Gasteiger partial charge in [0.15, 0.2) is 5.82 Å². The Morgan fingerprint density at radius 2 is 2.05 bits per heavy atom. The summed E-state index contributed by atoms with van der Waals surface area (Å²) in [5.74, 6) is 1.72. The van der Waals surface area contributed by atoms with E-state index in [9.17, 15) is 0 Å². The van der Waals surface area contributed by atoms with Crippen molar-refractivity contribution in [1.29, 1.82) is 0 Å². The number of benzene rings is 1. The number of rotatable bonds is 8. The summed E-state index contributed by atoms with van der Waals surface area (Å²) in [5.41, 5.74) is 6.69. The molecular weight excluding hydrogens is 270 g/mol. The highest BCUT2D eigenvalue weighted by Crippen LogP contribution is 2.22. The molecule has 21 heavy (non-hydrogen) atoms. The Kier molecular flexibility index (Phi) is 5.71. The molecule has 114 valence electrons. The van der Waals surface area contributed by atoms with Crippen LogP contribution in [0.2, 0.25) is 0 Å². The van der Waals surface area contributed by atoms with Crippen molar-refractivity contribution in [3.05, 3.63) is 30.1 Å². The first-order valence-corrected chi connectivity index (χ1v) is 7.06. The zero-order chi connectivity index (χ0) is 15.1. The first-order chi connectivity index (χ1) is 10.2. The quantitative estimate of drug-likeness (QED) is 0.752. The van der Waals surface area contributed by atoms with Gasteiger partial charge in [0.05, 0.1) is 19.3 Å². The second-order valence-corrected chi connectivity index (χ2v) is 4.75. The summed E-state index contributed by atoms with van der Waals surface area (Å²) in [4.78, 5) is 4.28. The van der Waals surface area contributed by atoms with Gasteiger partial charge in [-0.3, -0.25) is 0 Å². The highest BCUT2D eigenvalue weighted by molar-refractivity contribution is 5.54. The van der Waals surface area contributed by atoms with Gasteiger partial charge in [-0.25, -0.2) is 0 Å². The van der Waals surface area contributed by atoms with E-state index in [1.807, 2.05) is 24.3 Å². The lowest BCUT2D eigenvalue weighted by Crippen LogP contribution is -2.17. The fourth-order valence-electron chi connectivity index (χ4n) is 1.78. The third-order valence-corrected chi connectivity index (χ3v) is 2.99. The van der Waals surface area contributed by atoms with Gasteiger partial charge in [0.1, 0.15) is 5.75 Å². The number of hydrogen-bond acceptors (Lipinski definition) is 6. The van der Waals surface area contributed by atoms with E-state index in [-0.39, 0.29) is 6.04 Å². The van der Waals surface area contributed by atoms with Gasteiger partial charge < -0.3 is 19.7 Å². The van der Waals surface area contributed by atoms with Crippen molar-refractivity contribution in [1.82, 2.24) is 10.1 Å². The molecule has 0 aliphatic heterocycles. The molecule has 0 amide bonds. The molecule has 6 heteroatoms. The van der Waals surface area contributed by atoms with Gasteiger partial charge in [-0.15, -0.1) is 0 Å². The Morgan fingerprint density at radius 3 is 2.71 bits per heavy atom. The lowest BCUT2D eigenvalue weighted by atomic mass is 10.2. The molecule has 1 heterocycles. The van der Waals surface area contributed by atoms with E-state index < -0.39 is 0 Å². The first-order valence-electron chi connectivity index (χ1n) is 7.06. The van der Waals surface area contributed by atoms with E-state index >= 15 is 0 Å². The Balaban J connectivity index is 2.01. The van der Waals surface area contributed by atoms with Crippen LogP contribution in [0.15, 0.2) is 28.8 Å². The van der Waals surface area contributed by atoms with E-state index in [1.54, 1.807) is 7.11 Å². The largest absolute Gasteiger partial charge is 0.494 e.